The van der Waals surface area contributed by atoms with Crippen molar-refractivity contribution in [1.29, 1.82) is 0 Å². The van der Waals surface area contributed by atoms with E-state index in [0.29, 0.717) is 11.3 Å². The maximum atomic E-state index is 13.1. The van der Waals surface area contributed by atoms with Crippen LogP contribution in [0.1, 0.15) is 10.6 Å². The first kappa shape index (κ1) is 13.1. The van der Waals surface area contributed by atoms with E-state index in [-0.39, 0.29) is 5.76 Å². The van der Waals surface area contributed by atoms with Gasteiger partial charge in [0.1, 0.15) is 5.82 Å². The van der Waals surface area contributed by atoms with Gasteiger partial charge in [-0.1, -0.05) is 36.4 Å². The van der Waals surface area contributed by atoms with E-state index in [1.165, 1.54) is 24.5 Å². The predicted molar refractivity (Wildman–Crippen MR) is 78.5 cm³/mol. The van der Waals surface area contributed by atoms with Gasteiger partial charge in [-0.25, -0.2) is 4.39 Å². The van der Waals surface area contributed by atoms with Gasteiger partial charge < -0.3 is 9.73 Å². The highest BCUT2D eigenvalue weighted by molar-refractivity contribution is 6.06. The molecule has 0 spiro atoms. The van der Waals surface area contributed by atoms with E-state index in [0.717, 1.165) is 5.56 Å². The van der Waals surface area contributed by atoms with Gasteiger partial charge >= 0.3 is 0 Å². The van der Waals surface area contributed by atoms with Crippen LogP contribution in [0.5, 0.6) is 0 Å². The Labute approximate surface area is 121 Å². The molecule has 104 valence electrons. The van der Waals surface area contributed by atoms with Crippen LogP contribution in [-0.2, 0) is 0 Å². The molecule has 3 aromatic rings. The van der Waals surface area contributed by atoms with E-state index in [9.17, 15) is 9.18 Å². The van der Waals surface area contributed by atoms with E-state index < -0.39 is 11.7 Å². The lowest BCUT2D eigenvalue weighted by atomic mass is 10.1. The largest absolute Gasteiger partial charge is 0.459 e. The van der Waals surface area contributed by atoms with E-state index in [4.69, 9.17) is 4.42 Å². The van der Waals surface area contributed by atoms with Gasteiger partial charge in [0.15, 0.2) is 5.76 Å². The predicted octanol–water partition coefficient (Wildman–Crippen LogP) is 4.34. The van der Waals surface area contributed by atoms with Crippen LogP contribution in [0.15, 0.2) is 71.3 Å². The maximum absolute atomic E-state index is 13.1. The van der Waals surface area contributed by atoms with Crippen molar-refractivity contribution < 1.29 is 13.6 Å². The van der Waals surface area contributed by atoms with Gasteiger partial charge in [0.05, 0.1) is 6.26 Å². The molecule has 1 amide bonds. The first-order valence-electron chi connectivity index (χ1n) is 6.44. The number of hydrogen-bond acceptors (Lipinski definition) is 2. The van der Waals surface area contributed by atoms with Crippen LogP contribution in [0.3, 0.4) is 0 Å². The molecule has 0 atom stereocenters. The highest BCUT2D eigenvalue weighted by Crippen LogP contribution is 2.25. The molecule has 3 nitrogen and oxygen atoms in total. The smallest absolute Gasteiger partial charge is 0.292 e. The molecule has 0 aliphatic carbocycles. The Morgan fingerprint density at radius 3 is 2.57 bits per heavy atom. The molecule has 0 fully saturated rings. The highest BCUT2D eigenvalue weighted by Gasteiger charge is 2.16. The summed E-state index contributed by atoms with van der Waals surface area (Å²) in [7, 11) is 0. The second-order valence-electron chi connectivity index (χ2n) is 4.49. The van der Waals surface area contributed by atoms with Crippen molar-refractivity contribution in [2.45, 2.75) is 0 Å². The number of carbonyl (C=O) groups excluding carboxylic acids is 1. The molecule has 2 aromatic carbocycles. The van der Waals surface area contributed by atoms with Gasteiger partial charge in [-0.3, -0.25) is 4.79 Å². The third-order valence-electron chi connectivity index (χ3n) is 3.04. The van der Waals surface area contributed by atoms with Crippen molar-refractivity contribution in [3.8, 4) is 11.1 Å². The lowest BCUT2D eigenvalue weighted by Gasteiger charge is -2.05. The third kappa shape index (κ3) is 2.84. The molecule has 0 aliphatic rings. The van der Waals surface area contributed by atoms with Gasteiger partial charge in [0, 0.05) is 11.3 Å². The fourth-order valence-corrected chi connectivity index (χ4v) is 2.08. The Bertz CT molecular complexity index is 765. The van der Waals surface area contributed by atoms with Gasteiger partial charge in [0.2, 0.25) is 0 Å². The average Bonchev–Trinajstić information content (AvgIpc) is 2.98. The number of anilines is 1. The molecule has 0 saturated heterocycles. The molecule has 4 heteroatoms. The molecule has 1 heterocycles. The molecule has 0 aliphatic heterocycles. The molecular formula is C17H12FNO2. The molecular weight excluding hydrogens is 269 g/mol. The van der Waals surface area contributed by atoms with Crippen LogP contribution in [0, 0.1) is 5.82 Å². The molecule has 1 aromatic heterocycles. The van der Waals surface area contributed by atoms with Crippen molar-refractivity contribution in [3.05, 3.63) is 78.5 Å². The molecule has 1 N–H and O–H groups in total. The number of hydrogen-bond donors (Lipinski definition) is 1. The Balaban J connectivity index is 1.88. The van der Waals surface area contributed by atoms with E-state index >= 15 is 0 Å². The Morgan fingerprint density at radius 1 is 1.00 bits per heavy atom. The van der Waals surface area contributed by atoms with Crippen LogP contribution in [0.25, 0.3) is 11.1 Å². The summed E-state index contributed by atoms with van der Waals surface area (Å²) in [6.45, 7) is 0. The summed E-state index contributed by atoms with van der Waals surface area (Å²) in [6, 6.07) is 16.9. The van der Waals surface area contributed by atoms with Crippen molar-refractivity contribution in [2.75, 3.05) is 5.32 Å². The van der Waals surface area contributed by atoms with Crippen LogP contribution in [0.4, 0.5) is 10.1 Å². The van der Waals surface area contributed by atoms with Gasteiger partial charge in [-0.2, -0.15) is 0 Å². The van der Waals surface area contributed by atoms with E-state index in [2.05, 4.69) is 5.32 Å². The number of amides is 1. The Hall–Kier alpha value is -2.88. The molecule has 3 rings (SSSR count). The summed E-state index contributed by atoms with van der Waals surface area (Å²) < 4.78 is 18.4. The fourth-order valence-electron chi connectivity index (χ4n) is 2.08. The topological polar surface area (TPSA) is 42.2 Å². The minimum Gasteiger partial charge on any atom is -0.459 e. The van der Waals surface area contributed by atoms with E-state index in [1.807, 2.05) is 30.3 Å². The van der Waals surface area contributed by atoms with Crippen molar-refractivity contribution in [1.82, 2.24) is 0 Å². The number of halogens is 1. The Kier molecular flexibility index (Phi) is 3.51. The zero-order valence-electron chi connectivity index (χ0n) is 11.0. The van der Waals surface area contributed by atoms with Crippen molar-refractivity contribution >= 4 is 11.6 Å². The van der Waals surface area contributed by atoms with Gasteiger partial charge in [-0.15, -0.1) is 0 Å². The van der Waals surface area contributed by atoms with Gasteiger partial charge in [0.25, 0.3) is 5.91 Å². The summed E-state index contributed by atoms with van der Waals surface area (Å²) in [4.78, 5) is 12.3. The molecule has 21 heavy (non-hydrogen) atoms. The van der Waals surface area contributed by atoms with Crippen LogP contribution >= 0.6 is 0 Å². The first-order valence-corrected chi connectivity index (χ1v) is 6.44. The summed E-state index contributed by atoms with van der Waals surface area (Å²) in [5, 5.41) is 2.62. The zero-order valence-corrected chi connectivity index (χ0v) is 11.0. The number of rotatable bonds is 3. The number of nitrogens with one attached hydrogen (secondary N) is 1. The van der Waals surface area contributed by atoms with Crippen molar-refractivity contribution in [3.63, 3.8) is 0 Å². The lowest BCUT2D eigenvalue weighted by Crippen LogP contribution is -2.12. The second kappa shape index (κ2) is 5.63. The minimum atomic E-state index is -0.413. The number of benzene rings is 2. The zero-order chi connectivity index (χ0) is 14.7. The second-order valence-corrected chi connectivity index (χ2v) is 4.49. The van der Waals surface area contributed by atoms with Crippen LogP contribution in [-0.4, -0.2) is 5.91 Å². The number of carbonyl (C=O) groups is 1. The highest BCUT2D eigenvalue weighted by atomic mass is 19.1. The third-order valence-corrected chi connectivity index (χ3v) is 3.04. The standard InChI is InChI=1S/C17H12FNO2/c18-13-7-4-8-14(11-13)19-17(20)16-15(9-10-21-16)12-5-2-1-3-6-12/h1-11H,(H,19,20). The average molecular weight is 281 g/mol. The monoisotopic (exact) mass is 281 g/mol. The van der Waals surface area contributed by atoms with Crippen LogP contribution in [0.2, 0.25) is 0 Å². The van der Waals surface area contributed by atoms with Crippen molar-refractivity contribution in [2.24, 2.45) is 0 Å². The van der Waals surface area contributed by atoms with E-state index in [1.54, 1.807) is 12.1 Å². The number of furan rings is 1. The molecule has 0 radical (unpaired) electrons. The van der Waals surface area contributed by atoms with Gasteiger partial charge in [-0.05, 0) is 29.8 Å². The van der Waals surface area contributed by atoms with Crippen LogP contribution < -0.4 is 5.32 Å². The SMILES string of the molecule is O=C(Nc1cccc(F)c1)c1occc1-c1ccccc1. The summed E-state index contributed by atoms with van der Waals surface area (Å²) in [6.07, 6.45) is 1.46. The molecule has 0 saturated carbocycles. The maximum Gasteiger partial charge on any atom is 0.292 e. The summed E-state index contributed by atoms with van der Waals surface area (Å²) >= 11 is 0. The summed E-state index contributed by atoms with van der Waals surface area (Å²) in [5.74, 6) is -0.620. The quantitative estimate of drug-likeness (QED) is 0.776. The molecule has 0 unspecified atom stereocenters. The normalized spacial score (nSPS) is 10.3. The molecule has 0 bridgehead atoms. The fraction of sp³-hybridized carbons (Fsp3) is 0. The Morgan fingerprint density at radius 2 is 1.81 bits per heavy atom. The minimum absolute atomic E-state index is 0.200. The first-order chi connectivity index (χ1) is 10.2. The summed E-state index contributed by atoms with van der Waals surface area (Å²) in [5.41, 5.74) is 1.97. The lowest BCUT2D eigenvalue weighted by molar-refractivity contribution is 0.0997.